The number of piperazine rings is 1. The number of ether oxygens (including phenoxy) is 2. The first-order valence-corrected chi connectivity index (χ1v) is 12.2. The summed E-state index contributed by atoms with van der Waals surface area (Å²) < 4.78 is 24.9. The predicted molar refractivity (Wildman–Crippen MR) is 134 cm³/mol. The third kappa shape index (κ3) is 5.18. The van der Waals surface area contributed by atoms with Crippen LogP contribution in [0.1, 0.15) is 28.2 Å². The Morgan fingerprint density at radius 1 is 1.00 bits per heavy atom. The van der Waals surface area contributed by atoms with Crippen molar-refractivity contribution in [2.75, 3.05) is 45.3 Å². The minimum absolute atomic E-state index is 0.0202. The van der Waals surface area contributed by atoms with Gasteiger partial charge in [0, 0.05) is 42.7 Å². The van der Waals surface area contributed by atoms with E-state index in [1.165, 1.54) is 10.9 Å². The largest absolute Gasteiger partial charge is 0.493 e. The summed E-state index contributed by atoms with van der Waals surface area (Å²) in [7, 11) is 3.12. The highest BCUT2D eigenvalue weighted by Crippen LogP contribution is 2.32. The second-order valence-electron chi connectivity index (χ2n) is 8.27. The predicted octanol–water partition coefficient (Wildman–Crippen LogP) is 4.59. The van der Waals surface area contributed by atoms with Gasteiger partial charge in [0.25, 0.3) is 5.91 Å². The van der Waals surface area contributed by atoms with E-state index in [1.807, 2.05) is 25.1 Å². The molecule has 34 heavy (non-hydrogen) atoms. The van der Waals surface area contributed by atoms with E-state index < -0.39 is 0 Å². The van der Waals surface area contributed by atoms with E-state index in [4.69, 9.17) is 9.47 Å². The lowest BCUT2D eigenvalue weighted by Gasteiger charge is -2.42. The molecule has 6 nitrogen and oxygen atoms in total. The molecule has 2 atom stereocenters. The van der Waals surface area contributed by atoms with Crippen LogP contribution >= 0.6 is 11.3 Å². The number of thiophene rings is 1. The molecule has 1 aliphatic heterocycles. The van der Waals surface area contributed by atoms with Crippen molar-refractivity contribution in [2.45, 2.75) is 19.0 Å². The van der Waals surface area contributed by atoms with Crippen LogP contribution in [0.25, 0.3) is 0 Å². The molecule has 1 fully saturated rings. The zero-order chi connectivity index (χ0) is 24.1. The van der Waals surface area contributed by atoms with E-state index in [9.17, 15) is 9.18 Å². The summed E-state index contributed by atoms with van der Waals surface area (Å²) >= 11 is 1.68. The van der Waals surface area contributed by atoms with E-state index in [0.29, 0.717) is 22.7 Å². The second kappa shape index (κ2) is 10.9. The molecule has 180 valence electrons. The average molecular weight is 484 g/mol. The van der Waals surface area contributed by atoms with Crippen LogP contribution in [0.5, 0.6) is 11.5 Å². The SMILES string of the molecule is COc1ccc(C(=O)NC(C)C(c2cccs2)N2CCN(c3ccccc3F)CC2)cc1OC. The van der Waals surface area contributed by atoms with Crippen LogP contribution in [0.3, 0.4) is 0 Å². The van der Waals surface area contributed by atoms with Gasteiger partial charge in [-0.3, -0.25) is 9.69 Å². The minimum Gasteiger partial charge on any atom is -0.493 e. The van der Waals surface area contributed by atoms with Gasteiger partial charge in [0.15, 0.2) is 11.5 Å². The molecule has 0 spiro atoms. The summed E-state index contributed by atoms with van der Waals surface area (Å²) in [6.45, 7) is 5.02. The molecule has 2 heterocycles. The Morgan fingerprint density at radius 2 is 1.74 bits per heavy atom. The van der Waals surface area contributed by atoms with Crippen molar-refractivity contribution in [3.8, 4) is 11.5 Å². The van der Waals surface area contributed by atoms with E-state index in [1.54, 1.807) is 49.8 Å². The number of carbonyl (C=O) groups is 1. The van der Waals surface area contributed by atoms with Gasteiger partial charge in [0.1, 0.15) is 5.82 Å². The smallest absolute Gasteiger partial charge is 0.251 e. The Bertz CT molecular complexity index is 1100. The number of hydrogen-bond acceptors (Lipinski definition) is 6. The number of amides is 1. The summed E-state index contributed by atoms with van der Waals surface area (Å²) in [5, 5.41) is 5.24. The minimum atomic E-state index is -0.193. The summed E-state index contributed by atoms with van der Waals surface area (Å²) in [6, 6.07) is 16.1. The van der Waals surface area contributed by atoms with Gasteiger partial charge < -0.3 is 19.7 Å². The van der Waals surface area contributed by atoms with Crippen LogP contribution in [0.15, 0.2) is 60.0 Å². The Labute approximate surface area is 203 Å². The number of hydrogen-bond donors (Lipinski definition) is 1. The maximum atomic E-state index is 14.3. The van der Waals surface area contributed by atoms with Gasteiger partial charge in [-0.1, -0.05) is 18.2 Å². The van der Waals surface area contributed by atoms with Crippen molar-refractivity contribution >= 4 is 22.9 Å². The van der Waals surface area contributed by atoms with E-state index in [-0.39, 0.29) is 23.8 Å². The monoisotopic (exact) mass is 483 g/mol. The molecule has 8 heteroatoms. The van der Waals surface area contributed by atoms with Gasteiger partial charge in [-0.05, 0) is 48.7 Å². The normalized spacial score (nSPS) is 16.1. The summed E-state index contributed by atoms with van der Waals surface area (Å²) in [4.78, 5) is 18.7. The van der Waals surface area contributed by atoms with E-state index in [0.717, 1.165) is 26.2 Å². The molecule has 1 N–H and O–H groups in total. The number of halogens is 1. The topological polar surface area (TPSA) is 54.0 Å². The molecule has 3 aromatic rings. The maximum Gasteiger partial charge on any atom is 0.251 e. The number of benzene rings is 2. The standard InChI is InChI=1S/C26H30FN3O3S/c1-18(28-26(31)19-10-11-22(32-2)23(17-19)33-3)25(24-9-6-16-34-24)30-14-12-29(13-15-30)21-8-5-4-7-20(21)27/h4-11,16-18,25H,12-15H2,1-3H3,(H,28,31). The third-order valence-corrected chi connectivity index (χ3v) is 7.16. The molecule has 1 aromatic heterocycles. The number of nitrogens with zero attached hydrogens (tertiary/aromatic N) is 2. The van der Waals surface area contributed by atoms with Crippen LogP contribution in [0.4, 0.5) is 10.1 Å². The van der Waals surface area contributed by atoms with Crippen molar-refractivity contribution in [3.63, 3.8) is 0 Å². The van der Waals surface area contributed by atoms with Gasteiger partial charge in [-0.15, -0.1) is 11.3 Å². The first-order valence-electron chi connectivity index (χ1n) is 11.3. The van der Waals surface area contributed by atoms with Crippen molar-refractivity contribution < 1.29 is 18.7 Å². The highest BCUT2D eigenvalue weighted by atomic mass is 32.1. The fourth-order valence-electron chi connectivity index (χ4n) is 4.50. The van der Waals surface area contributed by atoms with Crippen LogP contribution < -0.4 is 19.7 Å². The quantitative estimate of drug-likeness (QED) is 0.508. The Kier molecular flexibility index (Phi) is 7.70. The number of methoxy groups -OCH3 is 2. The number of carbonyl (C=O) groups excluding carboxylic acids is 1. The van der Waals surface area contributed by atoms with Crippen molar-refractivity contribution in [3.05, 3.63) is 76.2 Å². The Hall–Kier alpha value is -3.10. The molecule has 1 aliphatic rings. The van der Waals surface area contributed by atoms with Crippen LogP contribution in [0, 0.1) is 5.82 Å². The lowest BCUT2D eigenvalue weighted by Crippen LogP contribution is -2.52. The lowest BCUT2D eigenvalue weighted by molar-refractivity contribution is 0.0890. The molecule has 0 radical (unpaired) electrons. The molecule has 0 aliphatic carbocycles. The highest BCUT2D eigenvalue weighted by molar-refractivity contribution is 7.10. The van der Waals surface area contributed by atoms with Crippen LogP contribution in [-0.4, -0.2) is 57.2 Å². The first kappa shape index (κ1) is 24.0. The van der Waals surface area contributed by atoms with Crippen molar-refractivity contribution in [2.24, 2.45) is 0 Å². The van der Waals surface area contributed by atoms with Crippen LogP contribution in [-0.2, 0) is 0 Å². The summed E-state index contributed by atoms with van der Waals surface area (Å²) in [5.41, 5.74) is 1.16. The second-order valence-corrected chi connectivity index (χ2v) is 9.25. The number of nitrogens with one attached hydrogen (secondary N) is 1. The molecule has 1 saturated heterocycles. The zero-order valence-corrected chi connectivity index (χ0v) is 20.5. The molecule has 2 aromatic carbocycles. The van der Waals surface area contributed by atoms with Gasteiger partial charge in [-0.25, -0.2) is 4.39 Å². The van der Waals surface area contributed by atoms with Crippen molar-refractivity contribution in [1.82, 2.24) is 10.2 Å². The molecule has 0 saturated carbocycles. The van der Waals surface area contributed by atoms with E-state index >= 15 is 0 Å². The fraction of sp³-hybridized carbons (Fsp3) is 0.346. The average Bonchev–Trinajstić information content (AvgIpc) is 3.39. The number of anilines is 1. The molecule has 0 bridgehead atoms. The van der Waals surface area contributed by atoms with Gasteiger partial charge in [0.2, 0.25) is 0 Å². The fourth-order valence-corrected chi connectivity index (χ4v) is 5.46. The number of para-hydroxylation sites is 1. The molecular weight excluding hydrogens is 453 g/mol. The summed E-state index contributed by atoms with van der Waals surface area (Å²) in [6.07, 6.45) is 0. The summed E-state index contributed by atoms with van der Waals surface area (Å²) in [5.74, 6) is 0.736. The molecule has 2 unspecified atom stereocenters. The van der Waals surface area contributed by atoms with Gasteiger partial charge in [0.05, 0.1) is 25.9 Å². The highest BCUT2D eigenvalue weighted by Gasteiger charge is 2.31. The molecule has 1 amide bonds. The van der Waals surface area contributed by atoms with E-state index in [2.05, 4.69) is 26.6 Å². The lowest BCUT2D eigenvalue weighted by atomic mass is 10.0. The van der Waals surface area contributed by atoms with Gasteiger partial charge >= 0.3 is 0 Å². The third-order valence-electron chi connectivity index (χ3n) is 6.21. The van der Waals surface area contributed by atoms with Gasteiger partial charge in [-0.2, -0.15) is 0 Å². The van der Waals surface area contributed by atoms with Crippen LogP contribution in [0.2, 0.25) is 0 Å². The zero-order valence-electron chi connectivity index (χ0n) is 19.7. The molecule has 4 rings (SSSR count). The Balaban J connectivity index is 1.48. The number of rotatable bonds is 8. The maximum absolute atomic E-state index is 14.3. The molecular formula is C26H30FN3O3S. The van der Waals surface area contributed by atoms with Crippen molar-refractivity contribution in [1.29, 1.82) is 0 Å². The first-order chi connectivity index (χ1) is 16.5. The Morgan fingerprint density at radius 3 is 2.38 bits per heavy atom.